The van der Waals surface area contributed by atoms with E-state index in [1.807, 2.05) is 12.1 Å². The van der Waals surface area contributed by atoms with E-state index in [2.05, 4.69) is 248 Å². The van der Waals surface area contributed by atoms with Gasteiger partial charge in [0.1, 0.15) is 11.2 Å². The van der Waals surface area contributed by atoms with Crippen molar-refractivity contribution in [3.63, 3.8) is 0 Å². The molecule has 0 bridgehead atoms. The second kappa shape index (κ2) is 16.2. The van der Waals surface area contributed by atoms with E-state index in [1.54, 1.807) is 0 Å². The fraction of sp³-hybridized carbons (Fsp3) is 0.0606. The Morgan fingerprint density at radius 1 is 0.471 bits per heavy atom. The zero-order valence-corrected chi connectivity index (χ0v) is 37.8. The highest BCUT2D eigenvalue weighted by molar-refractivity contribution is 6.09. The van der Waals surface area contributed by atoms with Crippen molar-refractivity contribution in [1.82, 2.24) is 0 Å². The van der Waals surface area contributed by atoms with Crippen LogP contribution < -0.4 is 4.90 Å². The van der Waals surface area contributed by atoms with Crippen LogP contribution in [0.1, 0.15) is 41.2 Å². The smallest absolute Gasteiger partial charge is 0.136 e. The predicted octanol–water partition coefficient (Wildman–Crippen LogP) is 17.6. The number of benzene rings is 10. The standard InChI is InChI=1S/C66H47NO/c1-44-34-40-53(56-29-16-21-47-20-15-28-52(64(47)56)46-18-5-2-6-19-46)61(42-44)67(51-38-35-45(36-39-51)48-37-41-55-54-26-12-14-33-62(54)68-63(55)43-48)60-32-17-31-59-65(60)57-27-11-13-30-58(57)66(59,49-22-7-3-8-23-49)50-24-9-4-10-25-50/h2-33,35-44H,34H2,1H3. The molecule has 0 N–H and O–H groups in total. The lowest BCUT2D eigenvalue weighted by Gasteiger charge is -2.36. The normalized spacial score (nSPS) is 14.9. The highest BCUT2D eigenvalue weighted by Crippen LogP contribution is 2.60. The minimum atomic E-state index is -0.539. The van der Waals surface area contributed by atoms with Gasteiger partial charge in [0.25, 0.3) is 0 Å². The molecule has 2 heteroatoms. The zero-order chi connectivity index (χ0) is 45.2. The van der Waals surface area contributed by atoms with Gasteiger partial charge in [-0.15, -0.1) is 0 Å². The maximum Gasteiger partial charge on any atom is 0.136 e. The molecule has 0 amide bonds. The van der Waals surface area contributed by atoms with Gasteiger partial charge < -0.3 is 9.32 Å². The molecule has 0 aliphatic heterocycles. The van der Waals surface area contributed by atoms with Gasteiger partial charge in [0.2, 0.25) is 0 Å². The number of furan rings is 1. The first-order chi connectivity index (χ1) is 33.6. The van der Waals surface area contributed by atoms with Crippen molar-refractivity contribution in [2.45, 2.75) is 18.8 Å². The summed E-state index contributed by atoms with van der Waals surface area (Å²) in [6.45, 7) is 2.35. The van der Waals surface area contributed by atoms with Crippen LogP contribution in [0.25, 0.3) is 71.7 Å². The van der Waals surface area contributed by atoms with Gasteiger partial charge in [-0.05, 0) is 115 Å². The summed E-state index contributed by atoms with van der Waals surface area (Å²) in [6, 6.07) is 86.8. The Bertz CT molecular complexity index is 3720. The molecule has 0 saturated carbocycles. The lowest BCUT2D eigenvalue weighted by Crippen LogP contribution is -2.28. The summed E-state index contributed by atoms with van der Waals surface area (Å²) in [4.78, 5) is 2.57. The first kappa shape index (κ1) is 39.9. The van der Waals surface area contributed by atoms with Gasteiger partial charge in [0.15, 0.2) is 0 Å². The fourth-order valence-corrected chi connectivity index (χ4v) is 11.5. The van der Waals surface area contributed by atoms with Crippen LogP contribution in [0.4, 0.5) is 11.4 Å². The van der Waals surface area contributed by atoms with Crippen LogP contribution in [0.15, 0.2) is 259 Å². The van der Waals surface area contributed by atoms with Crippen LogP contribution in [0, 0.1) is 5.92 Å². The third-order valence-electron chi connectivity index (χ3n) is 14.5. The van der Waals surface area contributed by atoms with Gasteiger partial charge in [0, 0.05) is 33.3 Å². The molecule has 322 valence electrons. The van der Waals surface area contributed by atoms with E-state index in [9.17, 15) is 0 Å². The second-order valence-electron chi connectivity index (χ2n) is 18.4. The maximum atomic E-state index is 6.37. The fourth-order valence-electron chi connectivity index (χ4n) is 11.5. The number of rotatable bonds is 8. The third-order valence-corrected chi connectivity index (χ3v) is 14.5. The molecule has 0 radical (unpaired) electrons. The van der Waals surface area contributed by atoms with Crippen molar-refractivity contribution < 1.29 is 4.42 Å². The summed E-state index contributed by atoms with van der Waals surface area (Å²) in [7, 11) is 0. The molecular formula is C66H47NO. The first-order valence-corrected chi connectivity index (χ1v) is 23.8. The molecule has 2 aliphatic carbocycles. The van der Waals surface area contributed by atoms with Crippen molar-refractivity contribution in [3.05, 3.63) is 282 Å². The Hall–Kier alpha value is -8.46. The molecule has 2 aliphatic rings. The maximum absolute atomic E-state index is 6.37. The number of nitrogens with zero attached hydrogens (tertiary/aromatic N) is 1. The predicted molar refractivity (Wildman–Crippen MR) is 284 cm³/mol. The lowest BCUT2D eigenvalue weighted by molar-refractivity contribution is 0.669. The highest BCUT2D eigenvalue weighted by Gasteiger charge is 2.47. The average Bonchev–Trinajstić information content (AvgIpc) is 3.93. The summed E-state index contributed by atoms with van der Waals surface area (Å²) < 4.78 is 6.37. The summed E-state index contributed by atoms with van der Waals surface area (Å²) >= 11 is 0. The van der Waals surface area contributed by atoms with E-state index in [0.29, 0.717) is 5.92 Å². The van der Waals surface area contributed by atoms with Crippen molar-refractivity contribution in [2.24, 2.45) is 5.92 Å². The third kappa shape index (κ3) is 6.25. The van der Waals surface area contributed by atoms with E-state index in [0.717, 1.165) is 50.9 Å². The monoisotopic (exact) mass is 869 g/mol. The van der Waals surface area contributed by atoms with Gasteiger partial charge in [-0.2, -0.15) is 0 Å². The summed E-state index contributed by atoms with van der Waals surface area (Å²) in [6.07, 6.45) is 5.96. The van der Waals surface area contributed by atoms with E-state index in [4.69, 9.17) is 4.42 Å². The molecule has 13 rings (SSSR count). The van der Waals surface area contributed by atoms with Crippen LogP contribution in [-0.2, 0) is 5.41 Å². The Kier molecular flexibility index (Phi) is 9.47. The van der Waals surface area contributed by atoms with Gasteiger partial charge >= 0.3 is 0 Å². The Morgan fingerprint density at radius 2 is 1.07 bits per heavy atom. The molecule has 10 aromatic carbocycles. The minimum absolute atomic E-state index is 0.311. The van der Waals surface area contributed by atoms with Crippen LogP contribution in [0.5, 0.6) is 0 Å². The highest BCUT2D eigenvalue weighted by atomic mass is 16.3. The minimum Gasteiger partial charge on any atom is -0.456 e. The summed E-state index contributed by atoms with van der Waals surface area (Å²) in [5.74, 6) is 0.311. The summed E-state index contributed by atoms with van der Waals surface area (Å²) in [5, 5.41) is 4.76. The molecule has 1 heterocycles. The van der Waals surface area contributed by atoms with E-state index >= 15 is 0 Å². The number of allylic oxidation sites excluding steroid dienone is 3. The molecule has 68 heavy (non-hydrogen) atoms. The van der Waals surface area contributed by atoms with Crippen LogP contribution in [-0.4, -0.2) is 0 Å². The van der Waals surface area contributed by atoms with E-state index < -0.39 is 5.41 Å². The molecule has 2 nitrogen and oxygen atoms in total. The van der Waals surface area contributed by atoms with Gasteiger partial charge in [0.05, 0.1) is 11.1 Å². The number of anilines is 2. The van der Waals surface area contributed by atoms with Crippen molar-refractivity contribution in [2.75, 3.05) is 4.90 Å². The van der Waals surface area contributed by atoms with Crippen molar-refractivity contribution in [3.8, 4) is 33.4 Å². The molecule has 0 saturated heterocycles. The second-order valence-corrected chi connectivity index (χ2v) is 18.4. The van der Waals surface area contributed by atoms with Crippen molar-refractivity contribution in [1.29, 1.82) is 0 Å². The molecular weight excluding hydrogens is 823 g/mol. The lowest BCUT2D eigenvalue weighted by atomic mass is 9.68. The van der Waals surface area contributed by atoms with Gasteiger partial charge in [-0.3, -0.25) is 0 Å². The molecule has 0 fully saturated rings. The largest absolute Gasteiger partial charge is 0.456 e. The molecule has 11 aromatic rings. The number of fused-ring (bicyclic) bond motifs is 7. The topological polar surface area (TPSA) is 16.4 Å². The Labute approximate surface area is 397 Å². The van der Waals surface area contributed by atoms with Crippen LogP contribution >= 0.6 is 0 Å². The molecule has 0 spiro atoms. The van der Waals surface area contributed by atoms with Crippen LogP contribution in [0.3, 0.4) is 0 Å². The quantitative estimate of drug-likeness (QED) is 0.151. The summed E-state index contributed by atoms with van der Waals surface area (Å²) in [5.41, 5.74) is 19.4. The number of hydrogen-bond acceptors (Lipinski definition) is 2. The average molecular weight is 870 g/mol. The van der Waals surface area contributed by atoms with Gasteiger partial charge in [-0.1, -0.05) is 219 Å². The zero-order valence-electron chi connectivity index (χ0n) is 37.8. The Morgan fingerprint density at radius 3 is 1.84 bits per heavy atom. The van der Waals surface area contributed by atoms with E-state index in [1.165, 1.54) is 72.1 Å². The number of para-hydroxylation sites is 1. The van der Waals surface area contributed by atoms with Crippen molar-refractivity contribution >= 4 is 49.7 Å². The van der Waals surface area contributed by atoms with Crippen LogP contribution in [0.2, 0.25) is 0 Å². The van der Waals surface area contributed by atoms with E-state index in [-0.39, 0.29) is 0 Å². The SMILES string of the molecule is CC1C=C(N(c2ccc(-c3ccc4c(c3)oc3ccccc34)cc2)c2cccc3c2-c2ccccc2C3(c2ccccc2)c2ccccc2)C(c2cccc3cccc(-c4ccccc4)c23)=CC1. The molecule has 1 unspecified atom stereocenters. The Balaban J connectivity index is 1.05. The number of hydrogen-bond donors (Lipinski definition) is 0. The van der Waals surface area contributed by atoms with Gasteiger partial charge in [-0.25, -0.2) is 0 Å². The molecule has 1 atom stereocenters. The first-order valence-electron chi connectivity index (χ1n) is 23.8. The molecule has 1 aromatic heterocycles.